The molecule has 5 aromatic carbocycles. The second kappa shape index (κ2) is 11.4. The van der Waals surface area contributed by atoms with Crippen molar-refractivity contribution in [3.05, 3.63) is 161 Å². The Hall–Kier alpha value is -4.23. The van der Waals surface area contributed by atoms with Crippen LogP contribution in [0.4, 0.5) is 5.69 Å². The van der Waals surface area contributed by atoms with Crippen LogP contribution in [0.2, 0.25) is 5.02 Å². The number of nitrogens with zero attached hydrogens (tertiary/aromatic N) is 3. The van der Waals surface area contributed by atoms with Crippen molar-refractivity contribution in [1.29, 1.82) is 0 Å². The number of aromatic nitrogens is 1. The summed E-state index contributed by atoms with van der Waals surface area (Å²) in [6.07, 6.45) is 0.638. The van der Waals surface area contributed by atoms with Gasteiger partial charge in [0.15, 0.2) is 5.84 Å². The molecule has 0 radical (unpaired) electrons. The van der Waals surface area contributed by atoms with Crippen LogP contribution in [-0.4, -0.2) is 10.8 Å². The minimum Gasteiger partial charge on any atom is -0.360 e. The Morgan fingerprint density at radius 1 is 0.795 bits per heavy atom. The molecule has 0 spiro atoms. The molecule has 0 saturated carbocycles. The van der Waals surface area contributed by atoms with E-state index in [9.17, 15) is 0 Å². The van der Waals surface area contributed by atoms with Gasteiger partial charge in [-0.25, -0.2) is 4.98 Å². The fourth-order valence-electron chi connectivity index (χ4n) is 5.98. The third-order valence-electron chi connectivity index (χ3n) is 8.04. The molecule has 2 aliphatic rings. The SMILES string of the molecule is Clc1ccc(C2=NOC3(c4ccccc4)CC(c4cc5ccccc5nc4Sc4ccccc4)Sc4ccccc4N23)cc1. The highest BCUT2D eigenvalue weighted by Gasteiger charge is 2.53. The molecule has 1 aromatic heterocycles. The Kier molecular flexibility index (Phi) is 7.06. The van der Waals surface area contributed by atoms with Crippen LogP contribution in [0.5, 0.6) is 0 Å². The molecule has 0 amide bonds. The molecule has 44 heavy (non-hydrogen) atoms. The number of halogens is 1. The number of amidine groups is 1. The lowest BCUT2D eigenvalue weighted by Crippen LogP contribution is -2.47. The summed E-state index contributed by atoms with van der Waals surface area (Å²) < 4.78 is 0. The number of oxime groups is 1. The topological polar surface area (TPSA) is 37.7 Å². The molecule has 0 bridgehead atoms. The van der Waals surface area contributed by atoms with Crippen molar-refractivity contribution in [2.45, 2.75) is 32.2 Å². The summed E-state index contributed by atoms with van der Waals surface area (Å²) in [5.41, 5.74) is 4.32. The van der Waals surface area contributed by atoms with Crippen molar-refractivity contribution in [3.8, 4) is 0 Å². The Morgan fingerprint density at radius 2 is 1.50 bits per heavy atom. The van der Waals surface area contributed by atoms with Crippen molar-refractivity contribution in [2.24, 2.45) is 5.16 Å². The van der Waals surface area contributed by atoms with E-state index in [1.54, 1.807) is 11.8 Å². The van der Waals surface area contributed by atoms with Crippen molar-refractivity contribution in [1.82, 2.24) is 4.98 Å². The van der Waals surface area contributed by atoms with Crippen LogP contribution in [-0.2, 0) is 10.6 Å². The number of hydrogen-bond acceptors (Lipinski definition) is 6. The zero-order chi connectivity index (χ0) is 29.5. The monoisotopic (exact) mass is 627 g/mol. The smallest absolute Gasteiger partial charge is 0.242 e. The molecule has 0 fully saturated rings. The zero-order valence-electron chi connectivity index (χ0n) is 23.5. The lowest BCUT2D eigenvalue weighted by atomic mass is 9.92. The first kappa shape index (κ1) is 27.3. The molecule has 2 unspecified atom stereocenters. The molecular formula is C37H26ClN3OS2. The summed E-state index contributed by atoms with van der Waals surface area (Å²) in [7, 11) is 0. The fourth-order valence-corrected chi connectivity index (χ4v) is 8.52. The average Bonchev–Trinajstić information content (AvgIpc) is 3.38. The lowest BCUT2D eigenvalue weighted by molar-refractivity contribution is -0.0284. The van der Waals surface area contributed by atoms with Crippen LogP contribution in [0.15, 0.2) is 159 Å². The van der Waals surface area contributed by atoms with E-state index in [-0.39, 0.29) is 5.25 Å². The molecule has 4 nitrogen and oxygen atoms in total. The molecular weight excluding hydrogens is 602 g/mol. The third-order valence-corrected chi connectivity index (χ3v) is 10.6. The molecule has 0 aliphatic carbocycles. The van der Waals surface area contributed by atoms with Gasteiger partial charge in [0.1, 0.15) is 5.03 Å². The van der Waals surface area contributed by atoms with E-state index in [0.717, 1.165) is 48.4 Å². The van der Waals surface area contributed by atoms with Gasteiger partial charge >= 0.3 is 0 Å². The zero-order valence-corrected chi connectivity index (χ0v) is 25.9. The molecule has 8 rings (SSSR count). The van der Waals surface area contributed by atoms with Gasteiger partial charge in [-0.1, -0.05) is 107 Å². The molecule has 7 heteroatoms. The Bertz CT molecular complexity index is 2000. The highest BCUT2D eigenvalue weighted by molar-refractivity contribution is 8.00. The van der Waals surface area contributed by atoms with Gasteiger partial charge in [0, 0.05) is 43.0 Å². The van der Waals surface area contributed by atoms with Crippen LogP contribution in [0.1, 0.15) is 28.4 Å². The van der Waals surface area contributed by atoms with Crippen molar-refractivity contribution in [3.63, 3.8) is 0 Å². The molecule has 2 atom stereocenters. The minimum atomic E-state index is -0.888. The molecule has 214 valence electrons. The van der Waals surface area contributed by atoms with Gasteiger partial charge in [-0.15, -0.1) is 11.8 Å². The van der Waals surface area contributed by atoms with Crippen LogP contribution >= 0.6 is 35.1 Å². The summed E-state index contributed by atoms with van der Waals surface area (Å²) in [6.45, 7) is 0. The molecule has 3 heterocycles. The number of fused-ring (bicyclic) bond motifs is 4. The third kappa shape index (κ3) is 4.84. The number of pyridine rings is 1. The van der Waals surface area contributed by atoms with Gasteiger partial charge in [-0.2, -0.15) is 0 Å². The fraction of sp³-hybridized carbons (Fsp3) is 0.0811. The maximum absolute atomic E-state index is 6.70. The summed E-state index contributed by atoms with van der Waals surface area (Å²) >= 11 is 9.86. The van der Waals surface area contributed by atoms with Crippen molar-refractivity contribution >= 4 is 57.6 Å². The highest BCUT2D eigenvalue weighted by Crippen LogP contribution is 2.57. The molecule has 6 aromatic rings. The van der Waals surface area contributed by atoms with Crippen LogP contribution in [0.25, 0.3) is 10.9 Å². The molecule has 0 N–H and O–H groups in total. The first-order valence-corrected chi connectivity index (χ1v) is 16.5. The van der Waals surface area contributed by atoms with Crippen molar-refractivity contribution < 1.29 is 4.84 Å². The predicted molar refractivity (Wildman–Crippen MR) is 182 cm³/mol. The van der Waals surface area contributed by atoms with Gasteiger partial charge in [0.05, 0.1) is 11.2 Å². The minimum absolute atomic E-state index is 0.00411. The van der Waals surface area contributed by atoms with E-state index in [4.69, 9.17) is 26.6 Å². The quantitative estimate of drug-likeness (QED) is 0.190. The van der Waals surface area contributed by atoms with Crippen LogP contribution in [0.3, 0.4) is 0 Å². The lowest BCUT2D eigenvalue weighted by Gasteiger charge is -2.38. The maximum atomic E-state index is 6.70. The Labute approximate surface area is 269 Å². The normalized spacial score (nSPS) is 19.1. The molecule has 2 aliphatic heterocycles. The van der Waals surface area contributed by atoms with E-state index in [2.05, 4.69) is 102 Å². The van der Waals surface area contributed by atoms with Gasteiger partial charge in [0.2, 0.25) is 5.72 Å². The number of thioether (sulfide) groups is 1. The van der Waals surface area contributed by atoms with E-state index in [0.29, 0.717) is 11.4 Å². The van der Waals surface area contributed by atoms with Crippen LogP contribution < -0.4 is 4.90 Å². The van der Waals surface area contributed by atoms with Crippen LogP contribution in [0, 0.1) is 0 Å². The standard InChI is InChI=1S/C37H26ClN3OS2/c38-28-21-19-25(20-22-28)35-40-42-37(27-12-3-1-4-13-27)24-34(44-33-18-10-9-17-32(33)41(35)37)30-23-26-11-7-8-16-31(26)39-36(30)43-29-14-5-2-6-15-29/h1-23,34H,24H2. The average molecular weight is 628 g/mol. The van der Waals surface area contributed by atoms with Gasteiger partial charge in [-0.05, 0) is 66.2 Å². The number of para-hydroxylation sites is 2. The maximum Gasteiger partial charge on any atom is 0.242 e. The number of anilines is 1. The summed E-state index contributed by atoms with van der Waals surface area (Å²) in [6, 6.07) is 48.0. The van der Waals surface area contributed by atoms with E-state index in [1.807, 2.05) is 54.2 Å². The second-order valence-corrected chi connectivity index (χ2v) is 13.5. The Balaban J connectivity index is 1.33. The Morgan fingerprint density at radius 3 is 2.32 bits per heavy atom. The van der Waals surface area contributed by atoms with E-state index in [1.165, 1.54) is 5.56 Å². The van der Waals surface area contributed by atoms with Gasteiger partial charge < -0.3 is 4.84 Å². The summed E-state index contributed by atoms with van der Waals surface area (Å²) in [5.74, 6) is 0.759. The first-order chi connectivity index (χ1) is 21.7. The first-order valence-electron chi connectivity index (χ1n) is 14.4. The molecule has 0 saturated heterocycles. The summed E-state index contributed by atoms with van der Waals surface area (Å²) in [5, 5.41) is 7.61. The number of hydrogen-bond donors (Lipinski definition) is 0. The van der Waals surface area contributed by atoms with Gasteiger partial charge in [-0.3, -0.25) is 4.90 Å². The second-order valence-electron chi connectivity index (χ2n) is 10.8. The van der Waals surface area contributed by atoms with Gasteiger partial charge in [0.25, 0.3) is 0 Å². The van der Waals surface area contributed by atoms with E-state index >= 15 is 0 Å². The van der Waals surface area contributed by atoms with E-state index < -0.39 is 5.72 Å². The van der Waals surface area contributed by atoms with Crippen molar-refractivity contribution in [2.75, 3.05) is 4.90 Å². The largest absolute Gasteiger partial charge is 0.360 e. The highest BCUT2D eigenvalue weighted by atomic mass is 35.5. The predicted octanol–water partition coefficient (Wildman–Crippen LogP) is 10.3. The number of benzene rings is 5. The summed E-state index contributed by atoms with van der Waals surface area (Å²) in [4.78, 5) is 16.5. The number of rotatable bonds is 5.